The quantitative estimate of drug-likeness (QED) is 0.830. The second-order valence-corrected chi connectivity index (χ2v) is 3.58. The van der Waals surface area contributed by atoms with Crippen LogP contribution >= 0.6 is 0 Å². The number of nitrogens with one attached hydrogen (secondary N) is 1. The molecule has 0 atom stereocenters. The predicted octanol–water partition coefficient (Wildman–Crippen LogP) is 2.95. The summed E-state index contributed by atoms with van der Waals surface area (Å²) >= 11 is 0. The van der Waals surface area contributed by atoms with Gasteiger partial charge in [0, 0.05) is 5.69 Å². The van der Waals surface area contributed by atoms with E-state index < -0.39 is 24.5 Å². The van der Waals surface area contributed by atoms with Crippen molar-refractivity contribution < 1.29 is 31.4 Å². The number of hydrogen-bond acceptors (Lipinski definition) is 2. The van der Waals surface area contributed by atoms with Gasteiger partial charge in [0.25, 0.3) is 5.60 Å². The molecule has 0 heterocycles. The third-order valence-electron chi connectivity index (χ3n) is 2.26. The molecular formula is C10H9F6NO. The third-order valence-corrected chi connectivity index (χ3v) is 2.26. The summed E-state index contributed by atoms with van der Waals surface area (Å²) in [6.45, 7) is -1.70. The minimum atomic E-state index is -5.81. The number of benzene rings is 1. The van der Waals surface area contributed by atoms with Crippen LogP contribution in [-0.2, 0) is 0 Å². The molecule has 0 aromatic heterocycles. The van der Waals surface area contributed by atoms with Gasteiger partial charge in [0.05, 0.1) is 6.54 Å². The van der Waals surface area contributed by atoms with E-state index in [4.69, 9.17) is 5.11 Å². The molecule has 2 nitrogen and oxygen atoms in total. The molecule has 0 aliphatic carbocycles. The first kappa shape index (κ1) is 14.6. The molecule has 8 heteroatoms. The second kappa shape index (κ2) is 4.68. The van der Waals surface area contributed by atoms with Crippen molar-refractivity contribution in [2.45, 2.75) is 18.0 Å². The van der Waals surface area contributed by atoms with Crippen LogP contribution in [0.25, 0.3) is 0 Å². The van der Waals surface area contributed by atoms with Crippen molar-refractivity contribution in [2.24, 2.45) is 0 Å². The van der Waals surface area contributed by atoms with Crippen LogP contribution in [0.2, 0.25) is 0 Å². The van der Waals surface area contributed by atoms with Crippen LogP contribution in [0.15, 0.2) is 30.3 Å². The summed E-state index contributed by atoms with van der Waals surface area (Å²) in [6.07, 6.45) is -11.6. The van der Waals surface area contributed by atoms with E-state index in [1.807, 2.05) is 5.32 Å². The minimum absolute atomic E-state index is 0.0458. The van der Waals surface area contributed by atoms with Crippen molar-refractivity contribution in [3.8, 4) is 0 Å². The Morgan fingerprint density at radius 2 is 1.33 bits per heavy atom. The molecule has 0 aliphatic rings. The van der Waals surface area contributed by atoms with Crippen LogP contribution in [0, 0.1) is 0 Å². The Bertz CT molecular complexity index is 372. The van der Waals surface area contributed by atoms with E-state index in [-0.39, 0.29) is 5.69 Å². The van der Waals surface area contributed by atoms with Crippen molar-refractivity contribution >= 4 is 5.69 Å². The largest absolute Gasteiger partial charge is 0.428 e. The highest BCUT2D eigenvalue weighted by atomic mass is 19.4. The molecule has 0 fully saturated rings. The van der Waals surface area contributed by atoms with E-state index in [1.54, 1.807) is 6.07 Å². The highest BCUT2D eigenvalue weighted by molar-refractivity contribution is 5.43. The summed E-state index contributed by atoms with van der Waals surface area (Å²) in [5, 5.41) is 10.7. The summed E-state index contributed by atoms with van der Waals surface area (Å²) in [4.78, 5) is 0. The Morgan fingerprint density at radius 1 is 0.889 bits per heavy atom. The lowest BCUT2D eigenvalue weighted by Crippen LogP contribution is -2.61. The Hall–Kier alpha value is -1.44. The summed E-state index contributed by atoms with van der Waals surface area (Å²) in [6, 6.07) is 6.98. The maximum absolute atomic E-state index is 12.3. The number of anilines is 1. The third kappa shape index (κ3) is 2.87. The fourth-order valence-electron chi connectivity index (χ4n) is 1.15. The molecule has 0 saturated carbocycles. The van der Waals surface area contributed by atoms with Gasteiger partial charge in [-0.05, 0) is 12.1 Å². The normalized spacial score (nSPS) is 13.5. The van der Waals surface area contributed by atoms with Gasteiger partial charge in [-0.15, -0.1) is 0 Å². The fraction of sp³-hybridized carbons (Fsp3) is 0.400. The minimum Gasteiger partial charge on any atom is -0.381 e. The Morgan fingerprint density at radius 3 is 1.72 bits per heavy atom. The predicted molar refractivity (Wildman–Crippen MR) is 52.0 cm³/mol. The van der Waals surface area contributed by atoms with Gasteiger partial charge >= 0.3 is 12.4 Å². The second-order valence-electron chi connectivity index (χ2n) is 3.58. The summed E-state index contributed by atoms with van der Waals surface area (Å²) in [5.41, 5.74) is -4.74. The van der Waals surface area contributed by atoms with Crippen LogP contribution in [0.4, 0.5) is 32.0 Å². The zero-order valence-electron chi connectivity index (χ0n) is 8.81. The topological polar surface area (TPSA) is 32.3 Å². The molecule has 102 valence electrons. The van der Waals surface area contributed by atoms with Crippen LogP contribution in [0.3, 0.4) is 0 Å². The van der Waals surface area contributed by atoms with Crippen molar-refractivity contribution in [3.05, 3.63) is 30.3 Å². The monoisotopic (exact) mass is 273 g/mol. The molecule has 1 aromatic rings. The first-order chi connectivity index (χ1) is 8.08. The van der Waals surface area contributed by atoms with E-state index in [2.05, 4.69) is 0 Å². The van der Waals surface area contributed by atoms with E-state index in [9.17, 15) is 26.3 Å². The van der Waals surface area contributed by atoms with Gasteiger partial charge in [0.2, 0.25) is 0 Å². The molecule has 0 amide bonds. The van der Waals surface area contributed by atoms with Gasteiger partial charge in [-0.25, -0.2) is 0 Å². The van der Waals surface area contributed by atoms with Gasteiger partial charge in [-0.1, -0.05) is 18.2 Å². The molecule has 0 aliphatic heterocycles. The standard InChI is InChI=1S/C10H9F6NO/c11-9(12,13)8(18,10(14,15)16)6-17-7-4-2-1-3-5-7/h1-5,17-18H,6H2. The average Bonchev–Trinajstić information content (AvgIpc) is 2.24. The number of hydrogen-bond donors (Lipinski definition) is 2. The lowest BCUT2D eigenvalue weighted by Gasteiger charge is -2.32. The maximum Gasteiger partial charge on any atom is 0.428 e. The fourth-order valence-corrected chi connectivity index (χ4v) is 1.15. The Labute approximate surface area is 98.2 Å². The number of para-hydroxylation sites is 1. The van der Waals surface area contributed by atoms with Crippen LogP contribution < -0.4 is 5.32 Å². The zero-order chi connectivity index (χ0) is 14.0. The van der Waals surface area contributed by atoms with Gasteiger partial charge in [0.15, 0.2) is 0 Å². The smallest absolute Gasteiger partial charge is 0.381 e. The van der Waals surface area contributed by atoms with E-state index in [0.29, 0.717) is 0 Å². The van der Waals surface area contributed by atoms with E-state index >= 15 is 0 Å². The molecule has 0 spiro atoms. The van der Waals surface area contributed by atoms with Gasteiger partial charge in [-0.2, -0.15) is 26.3 Å². The molecule has 0 bridgehead atoms. The first-order valence-corrected chi connectivity index (χ1v) is 4.73. The summed E-state index contributed by atoms with van der Waals surface area (Å²) in [7, 11) is 0. The molecule has 2 N–H and O–H groups in total. The van der Waals surface area contributed by atoms with Crippen LogP contribution in [0.5, 0.6) is 0 Å². The molecule has 1 rings (SSSR count). The van der Waals surface area contributed by atoms with Crippen LogP contribution in [0.1, 0.15) is 0 Å². The lowest BCUT2D eigenvalue weighted by atomic mass is 10.0. The number of rotatable bonds is 3. The molecule has 0 saturated heterocycles. The van der Waals surface area contributed by atoms with Crippen molar-refractivity contribution in [2.75, 3.05) is 11.9 Å². The highest BCUT2D eigenvalue weighted by Crippen LogP contribution is 2.42. The Kier molecular flexibility index (Phi) is 3.80. The number of alkyl halides is 6. The lowest BCUT2D eigenvalue weighted by molar-refractivity contribution is -0.362. The Balaban J connectivity index is 2.89. The summed E-state index contributed by atoms with van der Waals surface area (Å²) < 4.78 is 73.8. The number of aliphatic hydroxyl groups is 1. The van der Waals surface area contributed by atoms with Crippen LogP contribution in [-0.4, -0.2) is 29.6 Å². The molecule has 0 unspecified atom stereocenters. The van der Waals surface area contributed by atoms with Crippen molar-refractivity contribution in [1.82, 2.24) is 0 Å². The average molecular weight is 273 g/mol. The maximum atomic E-state index is 12.3. The van der Waals surface area contributed by atoms with Gasteiger partial charge < -0.3 is 10.4 Å². The van der Waals surface area contributed by atoms with Gasteiger partial charge in [-0.3, -0.25) is 0 Å². The molecule has 1 aromatic carbocycles. The highest BCUT2D eigenvalue weighted by Gasteiger charge is 2.70. The van der Waals surface area contributed by atoms with E-state index in [1.165, 1.54) is 24.3 Å². The number of halogens is 6. The van der Waals surface area contributed by atoms with Crippen molar-refractivity contribution in [1.29, 1.82) is 0 Å². The van der Waals surface area contributed by atoms with Crippen molar-refractivity contribution in [3.63, 3.8) is 0 Å². The molecule has 0 radical (unpaired) electrons. The molecule has 18 heavy (non-hydrogen) atoms. The first-order valence-electron chi connectivity index (χ1n) is 4.73. The van der Waals surface area contributed by atoms with Gasteiger partial charge in [0.1, 0.15) is 0 Å². The van der Waals surface area contributed by atoms with E-state index in [0.717, 1.165) is 0 Å². The molecular weight excluding hydrogens is 264 g/mol. The zero-order valence-corrected chi connectivity index (χ0v) is 8.81. The summed E-state index contributed by atoms with van der Waals surface area (Å²) in [5.74, 6) is 0. The SMILES string of the molecule is OC(CNc1ccccc1)(C(F)(F)F)C(F)(F)F.